The monoisotopic (exact) mass is 175 g/mol. The zero-order valence-corrected chi connectivity index (χ0v) is 8.60. The van der Waals surface area contributed by atoms with Gasteiger partial charge in [-0.25, -0.2) is 0 Å². The third kappa shape index (κ3) is 2.04. The molecule has 0 heterocycles. The van der Waals surface area contributed by atoms with Gasteiger partial charge < -0.3 is 0 Å². The Morgan fingerprint density at radius 3 is 2.00 bits per heavy atom. The molecular weight excluding hydrogens is 156 g/mol. The van der Waals surface area contributed by atoms with E-state index in [2.05, 4.69) is 19.1 Å². The summed E-state index contributed by atoms with van der Waals surface area (Å²) in [5.74, 6) is 1.59. The first kappa shape index (κ1) is 9.05. The zero-order chi connectivity index (χ0) is 9.10. The summed E-state index contributed by atoms with van der Waals surface area (Å²) < 4.78 is 0. The van der Waals surface area contributed by atoms with Crippen LogP contribution in [0.25, 0.3) is 0 Å². The van der Waals surface area contributed by atoms with Gasteiger partial charge in [0, 0.05) is 5.92 Å². The standard InChI is InChI=1S/C13H19/c1-11(13-9-5-6-10-13)12-7-3-2-4-8-12/h7,9H,2-6,8,10H2,1H3. The van der Waals surface area contributed by atoms with E-state index in [0.29, 0.717) is 0 Å². The van der Waals surface area contributed by atoms with Gasteiger partial charge in [-0.1, -0.05) is 30.2 Å². The molecule has 2 rings (SSSR count). The molecule has 0 aromatic carbocycles. The molecule has 0 spiro atoms. The van der Waals surface area contributed by atoms with Crippen molar-refractivity contribution in [3.8, 4) is 0 Å². The van der Waals surface area contributed by atoms with Crippen LogP contribution in [0.15, 0.2) is 23.3 Å². The van der Waals surface area contributed by atoms with Crippen molar-refractivity contribution in [1.82, 2.24) is 0 Å². The van der Waals surface area contributed by atoms with Crippen molar-refractivity contribution >= 4 is 0 Å². The third-order valence-electron chi connectivity index (χ3n) is 3.30. The zero-order valence-electron chi connectivity index (χ0n) is 8.60. The van der Waals surface area contributed by atoms with Gasteiger partial charge in [0.2, 0.25) is 0 Å². The fourth-order valence-corrected chi connectivity index (χ4v) is 2.40. The molecule has 0 unspecified atom stereocenters. The molecule has 2 aliphatic carbocycles. The van der Waals surface area contributed by atoms with Gasteiger partial charge in [0.05, 0.1) is 0 Å². The predicted molar refractivity (Wildman–Crippen MR) is 57.4 cm³/mol. The lowest BCUT2D eigenvalue weighted by Gasteiger charge is -2.20. The van der Waals surface area contributed by atoms with E-state index in [-0.39, 0.29) is 0 Å². The highest BCUT2D eigenvalue weighted by molar-refractivity contribution is 5.40. The molecule has 0 saturated carbocycles. The molecule has 0 saturated heterocycles. The van der Waals surface area contributed by atoms with E-state index in [9.17, 15) is 0 Å². The van der Waals surface area contributed by atoms with Crippen molar-refractivity contribution in [2.45, 2.75) is 51.9 Å². The Labute approximate surface area is 81.7 Å². The molecule has 0 nitrogen and oxygen atoms in total. The molecule has 0 amide bonds. The van der Waals surface area contributed by atoms with Crippen LogP contribution >= 0.6 is 0 Å². The fourth-order valence-electron chi connectivity index (χ4n) is 2.40. The first-order valence-electron chi connectivity index (χ1n) is 5.60. The van der Waals surface area contributed by atoms with Gasteiger partial charge in [0.15, 0.2) is 0 Å². The molecule has 0 fully saturated rings. The average Bonchev–Trinajstić information content (AvgIpc) is 2.71. The third-order valence-corrected chi connectivity index (χ3v) is 3.30. The topological polar surface area (TPSA) is 0 Å². The number of hydrogen-bond donors (Lipinski definition) is 0. The molecule has 2 aliphatic rings. The van der Waals surface area contributed by atoms with Crippen LogP contribution in [-0.4, -0.2) is 0 Å². The summed E-state index contributed by atoms with van der Waals surface area (Å²) in [7, 11) is 0. The molecule has 0 N–H and O–H groups in total. The Kier molecular flexibility index (Phi) is 2.87. The summed E-state index contributed by atoms with van der Waals surface area (Å²) >= 11 is 0. The van der Waals surface area contributed by atoms with Crippen molar-refractivity contribution in [2.24, 2.45) is 0 Å². The van der Waals surface area contributed by atoms with Gasteiger partial charge >= 0.3 is 0 Å². The van der Waals surface area contributed by atoms with E-state index >= 15 is 0 Å². The van der Waals surface area contributed by atoms with Crippen LogP contribution in [0.1, 0.15) is 51.9 Å². The quantitative estimate of drug-likeness (QED) is 0.590. The molecule has 71 valence electrons. The van der Waals surface area contributed by atoms with E-state index < -0.39 is 0 Å². The normalized spacial score (nSPS) is 23.2. The highest BCUT2D eigenvalue weighted by Crippen LogP contribution is 2.35. The van der Waals surface area contributed by atoms with E-state index in [1.165, 1.54) is 44.9 Å². The van der Waals surface area contributed by atoms with Crippen molar-refractivity contribution in [3.05, 3.63) is 29.2 Å². The van der Waals surface area contributed by atoms with Crippen molar-refractivity contribution in [2.75, 3.05) is 0 Å². The minimum absolute atomic E-state index is 1.31. The Morgan fingerprint density at radius 1 is 0.923 bits per heavy atom. The highest BCUT2D eigenvalue weighted by Gasteiger charge is 2.18. The van der Waals surface area contributed by atoms with Crippen molar-refractivity contribution in [1.29, 1.82) is 0 Å². The summed E-state index contributed by atoms with van der Waals surface area (Å²) in [6.45, 7) is 2.31. The maximum Gasteiger partial charge on any atom is 0.0220 e. The second-order valence-corrected chi connectivity index (χ2v) is 4.22. The minimum Gasteiger partial charge on any atom is -0.0844 e. The van der Waals surface area contributed by atoms with Crippen molar-refractivity contribution < 1.29 is 0 Å². The first-order chi connectivity index (χ1) is 6.38. The molecule has 13 heavy (non-hydrogen) atoms. The molecule has 0 aromatic rings. The highest BCUT2D eigenvalue weighted by atomic mass is 14.2. The van der Waals surface area contributed by atoms with Gasteiger partial charge in [0.25, 0.3) is 0 Å². The van der Waals surface area contributed by atoms with Crippen LogP contribution in [-0.2, 0) is 0 Å². The van der Waals surface area contributed by atoms with Gasteiger partial charge in [-0.2, -0.15) is 0 Å². The number of rotatable bonds is 2. The Morgan fingerprint density at radius 2 is 1.54 bits per heavy atom. The molecule has 0 aromatic heterocycles. The molecule has 0 aliphatic heterocycles. The molecule has 0 heteroatoms. The van der Waals surface area contributed by atoms with Crippen LogP contribution in [0, 0.1) is 5.92 Å². The van der Waals surface area contributed by atoms with Crippen LogP contribution in [0.4, 0.5) is 0 Å². The van der Waals surface area contributed by atoms with Crippen molar-refractivity contribution in [3.63, 3.8) is 0 Å². The second kappa shape index (κ2) is 4.13. The summed E-state index contributed by atoms with van der Waals surface area (Å²) in [5, 5.41) is 0. The molecule has 0 bridgehead atoms. The fraction of sp³-hybridized carbons (Fsp3) is 0.615. The largest absolute Gasteiger partial charge is 0.0844 e. The van der Waals surface area contributed by atoms with Gasteiger partial charge in [-0.05, 0) is 44.9 Å². The summed E-state index contributed by atoms with van der Waals surface area (Å²) in [6, 6.07) is 0. The molecule has 1 radical (unpaired) electrons. The maximum absolute atomic E-state index is 2.46. The van der Waals surface area contributed by atoms with Crippen LogP contribution in [0.5, 0.6) is 0 Å². The average molecular weight is 175 g/mol. The second-order valence-electron chi connectivity index (χ2n) is 4.22. The minimum atomic E-state index is 1.31. The Hall–Kier alpha value is -0.520. The summed E-state index contributed by atoms with van der Waals surface area (Å²) in [5.41, 5.74) is 3.27. The molecule has 0 atom stereocenters. The van der Waals surface area contributed by atoms with Crippen LogP contribution in [0.3, 0.4) is 0 Å². The van der Waals surface area contributed by atoms with Gasteiger partial charge in [-0.15, -0.1) is 0 Å². The first-order valence-corrected chi connectivity index (χ1v) is 5.60. The smallest absolute Gasteiger partial charge is 0.0220 e. The number of hydrogen-bond acceptors (Lipinski definition) is 0. The van der Waals surface area contributed by atoms with E-state index in [1.54, 1.807) is 17.1 Å². The van der Waals surface area contributed by atoms with Crippen LogP contribution < -0.4 is 0 Å². The Balaban J connectivity index is 2.02. The lowest BCUT2D eigenvalue weighted by molar-refractivity contribution is 0.692. The predicted octanol–water partition coefficient (Wildman–Crippen LogP) is 4.19. The lowest BCUT2D eigenvalue weighted by atomic mass is 9.85. The van der Waals surface area contributed by atoms with E-state index in [1.807, 2.05) is 0 Å². The van der Waals surface area contributed by atoms with E-state index in [0.717, 1.165) is 0 Å². The maximum atomic E-state index is 2.46. The van der Waals surface area contributed by atoms with Crippen LogP contribution in [0.2, 0.25) is 0 Å². The van der Waals surface area contributed by atoms with E-state index in [4.69, 9.17) is 0 Å². The summed E-state index contributed by atoms with van der Waals surface area (Å²) in [4.78, 5) is 0. The number of allylic oxidation sites excluding steroid dienone is 4. The summed E-state index contributed by atoms with van der Waals surface area (Å²) in [6.07, 6.45) is 14.3. The lowest BCUT2D eigenvalue weighted by Crippen LogP contribution is -2.02. The Bertz CT molecular complexity index is 232. The SMILES string of the molecule is C[C](C1=CCCC1)C1=CCCCC1. The van der Waals surface area contributed by atoms with Gasteiger partial charge in [-0.3, -0.25) is 0 Å². The van der Waals surface area contributed by atoms with Gasteiger partial charge in [0.1, 0.15) is 0 Å². The molecular formula is C13H19.